The average molecular weight is 287 g/mol. The van der Waals surface area contributed by atoms with Crippen molar-refractivity contribution in [2.24, 2.45) is 0 Å². The molecule has 1 N–H and O–H groups in total. The number of aromatic nitrogens is 1. The molecule has 2 aromatic rings. The maximum absolute atomic E-state index is 11.8. The average Bonchev–Trinajstić information content (AvgIpc) is 2.83. The van der Waals surface area contributed by atoms with Gasteiger partial charge in [-0.25, -0.2) is 18.1 Å². The van der Waals surface area contributed by atoms with Crippen molar-refractivity contribution in [3.63, 3.8) is 0 Å². The number of oxazole rings is 1. The highest BCUT2D eigenvalue weighted by Gasteiger charge is 2.11. The second-order valence-corrected chi connectivity index (χ2v) is 5.93. The van der Waals surface area contributed by atoms with E-state index in [9.17, 15) is 8.42 Å². The van der Waals surface area contributed by atoms with Gasteiger partial charge in [0.05, 0.1) is 18.0 Å². The molecule has 1 heterocycles. The van der Waals surface area contributed by atoms with Crippen LogP contribution in [0.25, 0.3) is 0 Å². The summed E-state index contributed by atoms with van der Waals surface area (Å²) in [5.74, 6) is -0.0952. The molecular formula is C11H11ClN2O3S. The van der Waals surface area contributed by atoms with Crippen molar-refractivity contribution in [3.8, 4) is 0 Å². The molecule has 0 saturated heterocycles. The van der Waals surface area contributed by atoms with Crippen LogP contribution >= 0.6 is 11.6 Å². The molecule has 5 nitrogen and oxygen atoms in total. The molecule has 0 bridgehead atoms. The number of hydrogen-bond acceptors (Lipinski definition) is 4. The van der Waals surface area contributed by atoms with Gasteiger partial charge in [0.2, 0.25) is 10.0 Å². The minimum Gasteiger partial charge on any atom is -0.451 e. The van der Waals surface area contributed by atoms with Gasteiger partial charge in [0, 0.05) is 5.02 Å². The highest BCUT2D eigenvalue weighted by molar-refractivity contribution is 7.88. The van der Waals surface area contributed by atoms with Gasteiger partial charge >= 0.3 is 0 Å². The van der Waals surface area contributed by atoms with Gasteiger partial charge in [-0.15, -0.1) is 0 Å². The number of nitrogens with one attached hydrogen (secondary N) is 1. The van der Waals surface area contributed by atoms with Gasteiger partial charge in [0.15, 0.2) is 6.39 Å². The van der Waals surface area contributed by atoms with E-state index in [0.717, 1.165) is 0 Å². The zero-order valence-corrected chi connectivity index (χ0v) is 10.9. The van der Waals surface area contributed by atoms with Crippen molar-refractivity contribution in [2.45, 2.75) is 12.3 Å². The lowest BCUT2D eigenvalue weighted by molar-refractivity contribution is 0.555. The molecule has 0 aliphatic carbocycles. The van der Waals surface area contributed by atoms with Gasteiger partial charge in [-0.2, -0.15) is 0 Å². The standard InChI is InChI=1S/C11H11ClN2O3S/c12-10-3-1-9(2-4-10)7-18(15,16)14-5-11-6-17-8-13-11/h1-4,6,8,14H,5,7H2. The van der Waals surface area contributed by atoms with E-state index in [-0.39, 0.29) is 12.3 Å². The van der Waals surface area contributed by atoms with Crippen LogP contribution in [0.1, 0.15) is 11.3 Å². The van der Waals surface area contributed by atoms with E-state index in [1.165, 1.54) is 12.7 Å². The molecule has 0 unspecified atom stereocenters. The zero-order valence-electron chi connectivity index (χ0n) is 9.34. The van der Waals surface area contributed by atoms with Gasteiger partial charge in [0.25, 0.3) is 0 Å². The molecule has 18 heavy (non-hydrogen) atoms. The lowest BCUT2D eigenvalue weighted by Gasteiger charge is -2.05. The molecular weight excluding hydrogens is 276 g/mol. The predicted molar refractivity (Wildman–Crippen MR) is 67.4 cm³/mol. The highest BCUT2D eigenvalue weighted by atomic mass is 35.5. The van der Waals surface area contributed by atoms with Gasteiger partial charge in [-0.05, 0) is 17.7 Å². The van der Waals surface area contributed by atoms with E-state index < -0.39 is 10.0 Å². The molecule has 0 radical (unpaired) electrons. The normalized spacial score (nSPS) is 11.6. The minimum absolute atomic E-state index is 0.0952. The molecule has 0 atom stereocenters. The van der Waals surface area contributed by atoms with Crippen LogP contribution in [0.5, 0.6) is 0 Å². The molecule has 0 saturated carbocycles. The number of rotatable bonds is 5. The van der Waals surface area contributed by atoms with Crippen molar-refractivity contribution < 1.29 is 12.8 Å². The molecule has 0 aliphatic rings. The third-order valence-electron chi connectivity index (χ3n) is 2.23. The van der Waals surface area contributed by atoms with Crippen molar-refractivity contribution >= 4 is 21.6 Å². The van der Waals surface area contributed by atoms with E-state index >= 15 is 0 Å². The molecule has 0 amide bonds. The largest absolute Gasteiger partial charge is 0.451 e. The number of nitrogens with zero attached hydrogens (tertiary/aromatic N) is 1. The minimum atomic E-state index is -3.40. The Labute approximate surface area is 110 Å². The zero-order chi connectivity index (χ0) is 13.0. The number of sulfonamides is 1. The predicted octanol–water partition coefficient (Wildman–Crippen LogP) is 1.95. The second-order valence-electron chi connectivity index (χ2n) is 3.69. The summed E-state index contributed by atoms with van der Waals surface area (Å²) in [6.07, 6.45) is 2.65. The first-order valence-electron chi connectivity index (χ1n) is 5.14. The van der Waals surface area contributed by atoms with E-state index in [2.05, 4.69) is 9.71 Å². The van der Waals surface area contributed by atoms with Crippen LogP contribution in [-0.4, -0.2) is 13.4 Å². The summed E-state index contributed by atoms with van der Waals surface area (Å²) in [5.41, 5.74) is 1.21. The lowest BCUT2D eigenvalue weighted by Crippen LogP contribution is -2.24. The van der Waals surface area contributed by atoms with Crippen molar-refractivity contribution in [2.75, 3.05) is 0 Å². The van der Waals surface area contributed by atoms with Gasteiger partial charge in [-0.1, -0.05) is 23.7 Å². The van der Waals surface area contributed by atoms with Crippen LogP contribution in [0.4, 0.5) is 0 Å². The van der Waals surface area contributed by atoms with Crippen molar-refractivity contribution in [1.82, 2.24) is 9.71 Å². The molecule has 0 aliphatic heterocycles. The maximum Gasteiger partial charge on any atom is 0.216 e. The summed E-state index contributed by atoms with van der Waals surface area (Å²) in [4.78, 5) is 3.83. The Bertz CT molecular complexity index is 594. The number of hydrogen-bond donors (Lipinski definition) is 1. The van der Waals surface area contributed by atoms with Crippen LogP contribution in [0.3, 0.4) is 0 Å². The fraction of sp³-hybridized carbons (Fsp3) is 0.182. The summed E-state index contributed by atoms with van der Waals surface area (Å²) in [7, 11) is -3.40. The lowest BCUT2D eigenvalue weighted by atomic mass is 10.2. The SMILES string of the molecule is O=S(=O)(Cc1ccc(Cl)cc1)NCc1cocn1. The molecule has 96 valence electrons. The van der Waals surface area contributed by atoms with Crippen LogP contribution in [0.15, 0.2) is 41.3 Å². The molecule has 0 fully saturated rings. The quantitative estimate of drug-likeness (QED) is 0.912. The van der Waals surface area contributed by atoms with Gasteiger partial charge < -0.3 is 4.42 Å². The first kappa shape index (κ1) is 13.1. The third kappa shape index (κ3) is 3.83. The first-order valence-corrected chi connectivity index (χ1v) is 7.17. The Morgan fingerprint density at radius 1 is 1.28 bits per heavy atom. The van der Waals surface area contributed by atoms with E-state index in [0.29, 0.717) is 16.3 Å². The summed E-state index contributed by atoms with van der Waals surface area (Å²) in [6.45, 7) is 0.117. The van der Waals surface area contributed by atoms with E-state index in [1.54, 1.807) is 24.3 Å². The van der Waals surface area contributed by atoms with Crippen LogP contribution in [0.2, 0.25) is 5.02 Å². The Morgan fingerprint density at radius 3 is 2.61 bits per heavy atom. The first-order chi connectivity index (χ1) is 8.55. The Balaban J connectivity index is 1.97. The fourth-order valence-electron chi connectivity index (χ4n) is 1.36. The molecule has 0 spiro atoms. The van der Waals surface area contributed by atoms with Gasteiger partial charge in [0.1, 0.15) is 6.26 Å². The number of halogens is 1. The van der Waals surface area contributed by atoms with Crippen LogP contribution in [-0.2, 0) is 22.3 Å². The summed E-state index contributed by atoms with van der Waals surface area (Å²) in [6, 6.07) is 6.67. The highest BCUT2D eigenvalue weighted by Crippen LogP contribution is 2.11. The molecule has 1 aromatic carbocycles. The fourth-order valence-corrected chi connectivity index (χ4v) is 2.59. The molecule has 1 aromatic heterocycles. The molecule has 7 heteroatoms. The summed E-state index contributed by atoms with van der Waals surface area (Å²) >= 11 is 5.73. The smallest absolute Gasteiger partial charge is 0.216 e. The van der Waals surface area contributed by atoms with E-state index in [1.807, 2.05) is 0 Å². The van der Waals surface area contributed by atoms with Crippen LogP contribution in [0, 0.1) is 0 Å². The Kier molecular flexibility index (Phi) is 4.00. The second kappa shape index (κ2) is 5.51. The van der Waals surface area contributed by atoms with Crippen molar-refractivity contribution in [1.29, 1.82) is 0 Å². The van der Waals surface area contributed by atoms with Crippen LogP contribution < -0.4 is 4.72 Å². The Hall–Kier alpha value is -1.37. The maximum atomic E-state index is 11.8. The third-order valence-corrected chi connectivity index (χ3v) is 3.78. The Morgan fingerprint density at radius 2 is 2.00 bits per heavy atom. The molecule has 2 rings (SSSR count). The van der Waals surface area contributed by atoms with Crippen molar-refractivity contribution in [3.05, 3.63) is 53.2 Å². The summed E-state index contributed by atoms with van der Waals surface area (Å²) in [5, 5.41) is 0.576. The number of benzene rings is 1. The topological polar surface area (TPSA) is 72.2 Å². The van der Waals surface area contributed by atoms with E-state index in [4.69, 9.17) is 16.0 Å². The summed E-state index contributed by atoms with van der Waals surface area (Å²) < 4.78 is 30.7. The van der Waals surface area contributed by atoms with Gasteiger partial charge in [-0.3, -0.25) is 0 Å². The monoisotopic (exact) mass is 286 g/mol.